The molecule has 114 valence electrons. The van der Waals surface area contributed by atoms with Crippen LogP contribution >= 0.6 is 27.7 Å². The van der Waals surface area contributed by atoms with Crippen molar-refractivity contribution in [3.63, 3.8) is 0 Å². The van der Waals surface area contributed by atoms with Gasteiger partial charge in [-0.15, -0.1) is 11.8 Å². The lowest BCUT2D eigenvalue weighted by atomic mass is 10.1. The molecule has 1 amide bonds. The van der Waals surface area contributed by atoms with E-state index in [1.807, 2.05) is 13.8 Å². The fourth-order valence-electron chi connectivity index (χ4n) is 2.29. The van der Waals surface area contributed by atoms with E-state index in [9.17, 15) is 19.1 Å². The number of carbonyl (C=O) groups is 2. The molecular weight excluding hydrogens is 361 g/mol. The van der Waals surface area contributed by atoms with Gasteiger partial charge in [0.2, 0.25) is 0 Å². The molecule has 2 rings (SSSR count). The second-order valence-corrected chi connectivity index (χ2v) is 7.16. The maximum Gasteiger partial charge on any atom is 0.327 e. The van der Waals surface area contributed by atoms with Gasteiger partial charge >= 0.3 is 5.97 Å². The molecule has 21 heavy (non-hydrogen) atoms. The minimum Gasteiger partial charge on any atom is -0.480 e. The summed E-state index contributed by atoms with van der Waals surface area (Å²) in [6.07, 6.45) is 0. The molecule has 1 fully saturated rings. The van der Waals surface area contributed by atoms with Gasteiger partial charge in [0.25, 0.3) is 5.91 Å². The zero-order valence-corrected chi connectivity index (χ0v) is 13.9. The summed E-state index contributed by atoms with van der Waals surface area (Å²) < 4.78 is 13.5. The Morgan fingerprint density at radius 2 is 2.14 bits per heavy atom. The molecule has 1 aliphatic heterocycles. The van der Waals surface area contributed by atoms with Gasteiger partial charge in [-0.1, -0.05) is 13.8 Å². The summed E-state index contributed by atoms with van der Waals surface area (Å²) in [5.74, 6) is -1.37. The molecule has 1 saturated heterocycles. The summed E-state index contributed by atoms with van der Waals surface area (Å²) in [6.45, 7) is 3.89. The third-order valence-corrected chi connectivity index (χ3v) is 5.56. The monoisotopic (exact) mass is 375 g/mol. The van der Waals surface area contributed by atoms with Gasteiger partial charge in [0.05, 0.1) is 10.9 Å². The molecule has 0 saturated carbocycles. The van der Waals surface area contributed by atoms with Gasteiger partial charge in [-0.3, -0.25) is 4.79 Å². The molecule has 1 N–H and O–H groups in total. The highest BCUT2D eigenvalue weighted by Gasteiger charge is 2.43. The Bertz CT molecular complexity index is 581. The van der Waals surface area contributed by atoms with Crippen LogP contribution in [0, 0.1) is 11.7 Å². The Morgan fingerprint density at radius 3 is 2.67 bits per heavy atom. The van der Waals surface area contributed by atoms with Crippen LogP contribution in [0.15, 0.2) is 22.7 Å². The standard InChI is InChI=1S/C14H15BrFNO3S/c1-7(2)13-17(11(6-21-13)14(19)20)12(18)9-4-3-8(16)5-10(9)15/h3-5,7,11,13H,6H2,1-2H3,(H,19,20). The highest BCUT2D eigenvalue weighted by Crippen LogP contribution is 2.36. The van der Waals surface area contributed by atoms with E-state index >= 15 is 0 Å². The maximum atomic E-state index is 13.1. The van der Waals surface area contributed by atoms with E-state index < -0.39 is 23.7 Å². The van der Waals surface area contributed by atoms with Crippen molar-refractivity contribution in [3.05, 3.63) is 34.1 Å². The number of rotatable bonds is 3. The summed E-state index contributed by atoms with van der Waals surface area (Å²) in [7, 11) is 0. The Balaban J connectivity index is 2.39. The molecular formula is C14H15BrFNO3S. The number of carbonyl (C=O) groups excluding carboxylic acids is 1. The molecule has 1 aromatic rings. The molecule has 0 aliphatic carbocycles. The third kappa shape index (κ3) is 3.23. The first kappa shape index (κ1) is 16.3. The van der Waals surface area contributed by atoms with E-state index in [0.717, 1.165) is 0 Å². The van der Waals surface area contributed by atoms with Crippen LogP contribution in [0.2, 0.25) is 0 Å². The highest BCUT2D eigenvalue weighted by molar-refractivity contribution is 9.10. The average Bonchev–Trinajstić information content (AvgIpc) is 2.82. The summed E-state index contributed by atoms with van der Waals surface area (Å²) in [6, 6.07) is 2.92. The van der Waals surface area contributed by atoms with E-state index in [-0.39, 0.29) is 16.9 Å². The number of hydrogen-bond donors (Lipinski definition) is 1. The van der Waals surface area contributed by atoms with Crippen LogP contribution in [0.3, 0.4) is 0 Å². The van der Waals surface area contributed by atoms with Crippen LogP contribution in [-0.2, 0) is 4.79 Å². The molecule has 0 radical (unpaired) electrons. The second kappa shape index (κ2) is 6.36. The van der Waals surface area contributed by atoms with Crippen molar-refractivity contribution in [1.29, 1.82) is 0 Å². The zero-order chi connectivity index (χ0) is 15.7. The minimum absolute atomic E-state index is 0.127. The topological polar surface area (TPSA) is 57.6 Å². The Morgan fingerprint density at radius 1 is 1.48 bits per heavy atom. The van der Waals surface area contributed by atoms with Gasteiger partial charge in [0.15, 0.2) is 0 Å². The van der Waals surface area contributed by atoms with E-state index in [1.165, 1.54) is 34.9 Å². The second-order valence-electron chi connectivity index (χ2n) is 5.16. The van der Waals surface area contributed by atoms with Crippen LogP contribution in [0.4, 0.5) is 4.39 Å². The van der Waals surface area contributed by atoms with Crippen LogP contribution in [0.25, 0.3) is 0 Å². The molecule has 1 heterocycles. The van der Waals surface area contributed by atoms with E-state index in [0.29, 0.717) is 10.2 Å². The quantitative estimate of drug-likeness (QED) is 0.880. The van der Waals surface area contributed by atoms with Crippen LogP contribution < -0.4 is 0 Å². The van der Waals surface area contributed by atoms with Crippen molar-refractivity contribution in [2.24, 2.45) is 5.92 Å². The number of halogens is 2. The van der Waals surface area contributed by atoms with E-state index in [2.05, 4.69) is 15.9 Å². The SMILES string of the molecule is CC(C)C1SCC(C(=O)O)N1C(=O)c1ccc(F)cc1Br. The van der Waals surface area contributed by atoms with Gasteiger partial charge in [-0.2, -0.15) is 0 Å². The number of carboxylic acids is 1. The zero-order valence-electron chi connectivity index (χ0n) is 11.5. The Kier molecular flexibility index (Phi) is 4.93. The van der Waals surface area contributed by atoms with E-state index in [4.69, 9.17) is 0 Å². The largest absolute Gasteiger partial charge is 0.480 e. The summed E-state index contributed by atoms with van der Waals surface area (Å²) in [5.41, 5.74) is 0.274. The van der Waals surface area contributed by atoms with Gasteiger partial charge in [0.1, 0.15) is 11.9 Å². The first-order chi connectivity index (χ1) is 9.82. The highest BCUT2D eigenvalue weighted by atomic mass is 79.9. The molecule has 0 aromatic heterocycles. The van der Waals surface area contributed by atoms with Crippen molar-refractivity contribution in [3.8, 4) is 0 Å². The Hall–Kier alpha value is -1.08. The lowest BCUT2D eigenvalue weighted by molar-refractivity contribution is -0.141. The molecule has 2 unspecified atom stereocenters. The van der Waals surface area contributed by atoms with Crippen LogP contribution in [-0.4, -0.2) is 39.1 Å². The van der Waals surface area contributed by atoms with Crippen molar-refractivity contribution in [1.82, 2.24) is 4.90 Å². The minimum atomic E-state index is -1.02. The summed E-state index contributed by atoms with van der Waals surface area (Å²) in [5, 5.41) is 9.11. The fraction of sp³-hybridized carbons (Fsp3) is 0.429. The molecule has 1 aliphatic rings. The average molecular weight is 376 g/mol. The number of amides is 1. The molecule has 1 aromatic carbocycles. The number of nitrogens with zero attached hydrogens (tertiary/aromatic N) is 1. The maximum absolute atomic E-state index is 13.1. The normalized spacial score (nSPS) is 21.9. The summed E-state index contributed by atoms with van der Waals surface area (Å²) in [4.78, 5) is 25.5. The lowest BCUT2D eigenvalue weighted by Crippen LogP contribution is -2.47. The number of hydrogen-bond acceptors (Lipinski definition) is 3. The number of thioether (sulfide) groups is 1. The molecule has 4 nitrogen and oxygen atoms in total. The summed E-state index contributed by atoms with van der Waals surface area (Å²) >= 11 is 4.63. The van der Waals surface area contributed by atoms with Gasteiger partial charge in [-0.25, -0.2) is 9.18 Å². The van der Waals surface area contributed by atoms with Crippen molar-refractivity contribution in [2.75, 3.05) is 5.75 Å². The third-order valence-electron chi connectivity index (χ3n) is 3.29. The van der Waals surface area contributed by atoms with Gasteiger partial charge in [-0.05, 0) is 40.0 Å². The molecule has 7 heteroatoms. The first-order valence-corrected chi connectivity index (χ1v) is 8.29. The number of benzene rings is 1. The van der Waals surface area contributed by atoms with Crippen LogP contribution in [0.5, 0.6) is 0 Å². The molecule has 2 atom stereocenters. The van der Waals surface area contributed by atoms with Crippen molar-refractivity contribution < 1.29 is 19.1 Å². The Labute approximate surface area is 134 Å². The van der Waals surface area contributed by atoms with Crippen LogP contribution in [0.1, 0.15) is 24.2 Å². The van der Waals surface area contributed by atoms with Gasteiger partial charge in [0, 0.05) is 10.2 Å². The number of carboxylic acid groups (broad SMARTS) is 1. The predicted octanol–water partition coefficient (Wildman–Crippen LogP) is 3.21. The lowest BCUT2D eigenvalue weighted by Gasteiger charge is -2.30. The van der Waals surface area contributed by atoms with Gasteiger partial charge < -0.3 is 10.0 Å². The first-order valence-electron chi connectivity index (χ1n) is 6.45. The van der Waals surface area contributed by atoms with Crippen molar-refractivity contribution >= 4 is 39.6 Å². The number of aliphatic carboxylic acids is 1. The van der Waals surface area contributed by atoms with E-state index in [1.54, 1.807) is 0 Å². The fourth-order valence-corrected chi connectivity index (χ4v) is 4.28. The molecule has 0 spiro atoms. The molecule has 0 bridgehead atoms. The smallest absolute Gasteiger partial charge is 0.327 e. The predicted molar refractivity (Wildman–Crippen MR) is 82.8 cm³/mol. The van der Waals surface area contributed by atoms with Crippen molar-refractivity contribution in [2.45, 2.75) is 25.3 Å².